The van der Waals surface area contributed by atoms with Crippen LogP contribution in [0.25, 0.3) is 0 Å². The first-order chi connectivity index (χ1) is 9.71. The lowest BCUT2D eigenvalue weighted by Crippen LogP contribution is -2.34. The maximum Gasteiger partial charge on any atom is 0.257 e. The van der Waals surface area contributed by atoms with Crippen LogP contribution in [0.15, 0.2) is 15.4 Å². The first-order valence-electron chi connectivity index (χ1n) is 6.23. The summed E-state index contributed by atoms with van der Waals surface area (Å²) >= 11 is 2.73. The molecule has 0 aliphatic heterocycles. The van der Waals surface area contributed by atoms with Gasteiger partial charge >= 0.3 is 0 Å². The molecular weight excluding hydrogens is 370 g/mol. The van der Waals surface area contributed by atoms with Crippen LogP contribution >= 0.6 is 15.9 Å². The molecule has 0 aromatic heterocycles. The fraction of sp³-hybridized carbons (Fsp3) is 0.417. The summed E-state index contributed by atoms with van der Waals surface area (Å²) in [4.78, 5) is 11.1. The molecule has 0 atom stereocenters. The van der Waals surface area contributed by atoms with Crippen LogP contribution in [0, 0.1) is 11.6 Å². The molecule has 1 aliphatic rings. The smallest absolute Gasteiger partial charge is 0.257 e. The molecule has 21 heavy (non-hydrogen) atoms. The largest absolute Gasteiger partial charge is 0.349 e. The number of benzene rings is 1. The first kappa shape index (κ1) is 16.3. The number of nitrogens with two attached hydrogens (primary N) is 1. The summed E-state index contributed by atoms with van der Waals surface area (Å²) in [5, 5.41) is 7.39. The summed E-state index contributed by atoms with van der Waals surface area (Å²) in [5.41, 5.74) is -0.936. The molecule has 1 aromatic carbocycles. The predicted molar refractivity (Wildman–Crippen MR) is 75.2 cm³/mol. The monoisotopic (exact) mass is 382 g/mol. The molecule has 9 heteroatoms. The second-order valence-corrected chi connectivity index (χ2v) is 7.21. The van der Waals surface area contributed by atoms with Gasteiger partial charge in [0.2, 0.25) is 10.0 Å². The van der Waals surface area contributed by atoms with Crippen LogP contribution < -0.4 is 10.5 Å². The molecule has 2 rings (SSSR count). The number of hydrogen-bond acceptors (Lipinski definition) is 3. The standard InChI is InChI=1S/C12H13BrF2N2O3S/c13-7-5-8(14)9(10(15)11(7)21(16,19)20)12(18)17-6-3-1-2-4-6/h5-6H,1-4H2,(H,17,18)(H2,16,19,20). The van der Waals surface area contributed by atoms with Crippen LogP contribution in [-0.2, 0) is 10.0 Å². The van der Waals surface area contributed by atoms with Crippen LogP contribution in [0.5, 0.6) is 0 Å². The molecule has 0 bridgehead atoms. The molecule has 1 amide bonds. The molecule has 0 radical (unpaired) electrons. The van der Waals surface area contributed by atoms with Crippen molar-refractivity contribution in [3.63, 3.8) is 0 Å². The maximum atomic E-state index is 14.2. The van der Waals surface area contributed by atoms with Crippen molar-refractivity contribution >= 4 is 31.9 Å². The quantitative estimate of drug-likeness (QED) is 0.837. The van der Waals surface area contributed by atoms with Crippen molar-refractivity contribution in [2.75, 3.05) is 0 Å². The van der Waals surface area contributed by atoms with Gasteiger partial charge in [0.1, 0.15) is 16.3 Å². The number of rotatable bonds is 3. The van der Waals surface area contributed by atoms with E-state index < -0.39 is 38.0 Å². The second-order valence-electron chi connectivity index (χ2n) is 4.86. The molecule has 0 unspecified atom stereocenters. The highest BCUT2D eigenvalue weighted by Crippen LogP contribution is 2.29. The number of sulfonamides is 1. The number of nitrogens with one attached hydrogen (secondary N) is 1. The lowest BCUT2D eigenvalue weighted by molar-refractivity contribution is 0.0928. The van der Waals surface area contributed by atoms with Crippen LogP contribution in [0.4, 0.5) is 8.78 Å². The van der Waals surface area contributed by atoms with Gasteiger partial charge in [-0.2, -0.15) is 0 Å². The highest BCUT2D eigenvalue weighted by atomic mass is 79.9. The third kappa shape index (κ3) is 3.41. The first-order valence-corrected chi connectivity index (χ1v) is 8.57. The van der Waals surface area contributed by atoms with Crippen molar-refractivity contribution in [1.29, 1.82) is 0 Å². The Morgan fingerprint density at radius 2 is 1.90 bits per heavy atom. The van der Waals surface area contributed by atoms with E-state index in [2.05, 4.69) is 21.2 Å². The number of amides is 1. The molecule has 0 spiro atoms. The third-order valence-corrected chi connectivity index (χ3v) is 5.19. The van der Waals surface area contributed by atoms with Crippen LogP contribution in [0.2, 0.25) is 0 Å². The average Bonchev–Trinajstić information content (AvgIpc) is 2.78. The number of halogens is 3. The number of carbonyl (C=O) groups excluding carboxylic acids is 1. The Hall–Kier alpha value is -1.06. The predicted octanol–water partition coefficient (Wildman–Crippen LogP) is 2.05. The summed E-state index contributed by atoms with van der Waals surface area (Å²) in [6, 6.07) is 0.560. The Balaban J connectivity index is 2.45. The minimum absolute atomic E-state index is 0.155. The van der Waals surface area contributed by atoms with Gasteiger partial charge in [0.15, 0.2) is 5.82 Å². The lowest BCUT2D eigenvalue weighted by Gasteiger charge is -2.14. The van der Waals surface area contributed by atoms with E-state index in [9.17, 15) is 22.0 Å². The highest BCUT2D eigenvalue weighted by molar-refractivity contribution is 9.10. The lowest BCUT2D eigenvalue weighted by atomic mass is 10.1. The Morgan fingerprint density at radius 1 is 1.33 bits per heavy atom. The summed E-state index contributed by atoms with van der Waals surface area (Å²) < 4.78 is 50.4. The van der Waals surface area contributed by atoms with E-state index in [0.717, 1.165) is 25.7 Å². The molecule has 5 nitrogen and oxygen atoms in total. The van der Waals surface area contributed by atoms with Crippen LogP contribution in [-0.4, -0.2) is 20.4 Å². The van der Waals surface area contributed by atoms with Gasteiger partial charge < -0.3 is 5.32 Å². The van der Waals surface area contributed by atoms with Gasteiger partial charge in [-0.25, -0.2) is 22.3 Å². The van der Waals surface area contributed by atoms with Gasteiger partial charge in [-0.15, -0.1) is 0 Å². The SMILES string of the molecule is NS(=O)(=O)c1c(Br)cc(F)c(C(=O)NC2CCCC2)c1F. The molecule has 0 heterocycles. The molecule has 0 saturated heterocycles. The molecule has 1 fully saturated rings. The van der Waals surface area contributed by atoms with E-state index in [1.165, 1.54) is 0 Å². The Bertz CT molecular complexity index is 688. The van der Waals surface area contributed by atoms with Crippen molar-refractivity contribution in [1.82, 2.24) is 5.32 Å². The zero-order chi connectivity index (χ0) is 15.8. The Labute approximate surface area is 129 Å². The zero-order valence-corrected chi connectivity index (χ0v) is 13.2. The normalized spacial score (nSPS) is 16.2. The minimum atomic E-state index is -4.43. The van der Waals surface area contributed by atoms with E-state index >= 15 is 0 Å². The number of primary sulfonamides is 1. The van der Waals surface area contributed by atoms with Crippen LogP contribution in [0.1, 0.15) is 36.0 Å². The molecular formula is C12H13BrF2N2O3S. The van der Waals surface area contributed by atoms with E-state index in [0.29, 0.717) is 6.07 Å². The molecule has 3 N–H and O–H groups in total. The number of carbonyl (C=O) groups is 1. The fourth-order valence-electron chi connectivity index (χ4n) is 2.37. The van der Waals surface area contributed by atoms with Crippen LogP contribution in [0.3, 0.4) is 0 Å². The fourth-order valence-corrected chi connectivity index (χ4v) is 4.10. The zero-order valence-electron chi connectivity index (χ0n) is 10.8. The van der Waals surface area contributed by atoms with Crippen molar-refractivity contribution < 1.29 is 22.0 Å². The summed E-state index contributed by atoms with van der Waals surface area (Å²) in [6.07, 6.45) is 3.32. The van der Waals surface area contributed by atoms with Gasteiger partial charge in [-0.05, 0) is 34.8 Å². The van der Waals surface area contributed by atoms with Crippen molar-refractivity contribution in [2.45, 2.75) is 36.6 Å². The van der Waals surface area contributed by atoms with Crippen molar-refractivity contribution in [2.24, 2.45) is 5.14 Å². The van der Waals surface area contributed by atoms with E-state index in [-0.39, 0.29) is 10.5 Å². The van der Waals surface area contributed by atoms with Gasteiger partial charge in [-0.1, -0.05) is 12.8 Å². The van der Waals surface area contributed by atoms with Gasteiger partial charge in [-0.3, -0.25) is 4.79 Å². The van der Waals surface area contributed by atoms with E-state index in [4.69, 9.17) is 5.14 Å². The minimum Gasteiger partial charge on any atom is -0.349 e. The molecule has 116 valence electrons. The second kappa shape index (κ2) is 5.98. The summed E-state index contributed by atoms with van der Waals surface area (Å²) in [6.45, 7) is 0. The molecule has 1 aromatic rings. The van der Waals surface area contributed by atoms with Gasteiger partial charge in [0, 0.05) is 10.5 Å². The van der Waals surface area contributed by atoms with Gasteiger partial charge in [0.25, 0.3) is 5.91 Å². The molecule has 1 aliphatic carbocycles. The molecule has 1 saturated carbocycles. The highest BCUT2D eigenvalue weighted by Gasteiger charge is 2.29. The number of hydrogen-bond donors (Lipinski definition) is 2. The van der Waals surface area contributed by atoms with E-state index in [1.807, 2.05) is 0 Å². The van der Waals surface area contributed by atoms with Gasteiger partial charge in [0.05, 0.1) is 0 Å². The topological polar surface area (TPSA) is 89.3 Å². The Kier molecular flexibility index (Phi) is 4.64. The van der Waals surface area contributed by atoms with E-state index in [1.54, 1.807) is 0 Å². The Morgan fingerprint density at radius 3 is 2.43 bits per heavy atom. The third-order valence-electron chi connectivity index (χ3n) is 3.33. The maximum absolute atomic E-state index is 14.2. The average molecular weight is 383 g/mol. The van der Waals surface area contributed by atoms with Crippen molar-refractivity contribution in [3.05, 3.63) is 27.7 Å². The van der Waals surface area contributed by atoms with Crippen molar-refractivity contribution in [3.8, 4) is 0 Å². The summed E-state index contributed by atoms with van der Waals surface area (Å²) in [7, 11) is -4.43. The summed E-state index contributed by atoms with van der Waals surface area (Å²) in [5.74, 6) is -3.61.